The van der Waals surface area contributed by atoms with E-state index in [1.165, 1.54) is 33.4 Å². The summed E-state index contributed by atoms with van der Waals surface area (Å²) < 4.78 is 1.32. The molecule has 0 aliphatic heterocycles. The van der Waals surface area contributed by atoms with Gasteiger partial charge in [0.2, 0.25) is 0 Å². The minimum absolute atomic E-state index is 0. The van der Waals surface area contributed by atoms with Gasteiger partial charge in [-0.05, 0) is 0 Å². The maximum atomic E-state index is 2.65. The third kappa shape index (κ3) is 5.90. The summed E-state index contributed by atoms with van der Waals surface area (Å²) in [5, 5.41) is 0. The molecule has 4 heteroatoms. The Balaban J connectivity index is 0.00000202. The van der Waals surface area contributed by atoms with Crippen LogP contribution in [0, 0.1) is 11.8 Å². The molecule has 2 atom stereocenters. The van der Waals surface area contributed by atoms with E-state index in [1.807, 2.05) is 0 Å². The zero-order valence-corrected chi connectivity index (χ0v) is 31.7. The monoisotopic (exact) mass is 776 g/mol. The van der Waals surface area contributed by atoms with Gasteiger partial charge in [0.1, 0.15) is 0 Å². The first kappa shape index (κ1) is 32.9. The van der Waals surface area contributed by atoms with Gasteiger partial charge in [-0.15, -0.1) is 24.8 Å². The molecule has 2 aliphatic rings. The molecular weight excluding hydrogens is 734 g/mol. The molecule has 0 aromatic heterocycles. The van der Waals surface area contributed by atoms with Gasteiger partial charge in [-0.25, -0.2) is 0 Å². The van der Waals surface area contributed by atoms with E-state index in [0.717, 1.165) is 0 Å². The zero-order valence-electron chi connectivity index (χ0n) is 25.5. The Morgan fingerprint density at radius 1 is 0.524 bits per heavy atom. The van der Waals surface area contributed by atoms with E-state index in [-0.39, 0.29) is 24.8 Å². The van der Waals surface area contributed by atoms with Crippen LogP contribution in [-0.2, 0) is 20.1 Å². The summed E-state index contributed by atoms with van der Waals surface area (Å²) in [4.78, 5) is 0. The Morgan fingerprint density at radius 3 is 1.24 bits per heavy atom. The molecule has 2 aliphatic carbocycles. The van der Waals surface area contributed by atoms with Gasteiger partial charge in [0.05, 0.1) is 0 Å². The minimum atomic E-state index is -2.42. The van der Waals surface area contributed by atoms with Gasteiger partial charge >= 0.3 is 250 Å². The molecule has 0 heterocycles. The van der Waals surface area contributed by atoms with Gasteiger partial charge in [0, 0.05) is 0 Å². The Labute approximate surface area is 273 Å². The van der Waals surface area contributed by atoms with Crippen molar-refractivity contribution in [2.75, 3.05) is 0 Å². The molecule has 0 N–H and O–H groups in total. The molecule has 0 fully saturated rings. The minimum Gasteiger partial charge on any atom is -0.147 e. The standard InChI is InChI=1S/2C18H17.C2H6Si.2ClH.Hf/c2*1-13(2)16-11-15-9-6-10-17(18(15)12-16)14-7-4-3-5-8-14;1-3-2;;;/h2*3-13H,1-2H3;1-2H3;2*1H;. The summed E-state index contributed by atoms with van der Waals surface area (Å²) >= 11 is -2.42. The molecule has 0 radical (unpaired) electrons. The summed E-state index contributed by atoms with van der Waals surface area (Å²) in [5.74, 6) is 1.12. The van der Waals surface area contributed by atoms with Crippen molar-refractivity contribution in [3.8, 4) is 22.3 Å². The van der Waals surface area contributed by atoms with E-state index in [1.54, 1.807) is 22.3 Å². The van der Waals surface area contributed by atoms with Crippen molar-refractivity contribution < 1.29 is 20.1 Å². The van der Waals surface area contributed by atoms with Crippen molar-refractivity contribution in [2.45, 2.75) is 48.1 Å². The summed E-state index contributed by atoms with van der Waals surface area (Å²) in [6.07, 6.45) is 5.25. The molecule has 2 unspecified atom stereocenters. The predicted molar refractivity (Wildman–Crippen MR) is 187 cm³/mol. The Morgan fingerprint density at radius 2 is 0.905 bits per heavy atom. The first-order chi connectivity index (χ1) is 19.4. The van der Waals surface area contributed by atoms with E-state index in [2.05, 4.69) is 150 Å². The molecule has 0 amide bonds. The third-order valence-corrected chi connectivity index (χ3v) is 36.3. The van der Waals surface area contributed by atoms with E-state index >= 15 is 0 Å². The average Bonchev–Trinajstić information content (AvgIpc) is 3.54. The van der Waals surface area contributed by atoms with Gasteiger partial charge in [-0.3, -0.25) is 0 Å². The molecule has 4 aromatic rings. The van der Waals surface area contributed by atoms with Crippen LogP contribution in [0.25, 0.3) is 34.4 Å². The van der Waals surface area contributed by atoms with Crippen LogP contribution in [0.5, 0.6) is 0 Å². The van der Waals surface area contributed by atoms with Crippen molar-refractivity contribution in [3.63, 3.8) is 0 Å². The van der Waals surface area contributed by atoms with Crippen LogP contribution in [0.2, 0.25) is 13.1 Å². The first-order valence-electron chi connectivity index (χ1n) is 14.8. The topological polar surface area (TPSA) is 0 Å². The average molecular weight is 776 g/mol. The molecule has 4 aromatic carbocycles. The summed E-state index contributed by atoms with van der Waals surface area (Å²) in [6.45, 7) is 15.0. The molecule has 0 spiro atoms. The number of fused-ring (bicyclic) bond motifs is 2. The predicted octanol–water partition coefficient (Wildman–Crippen LogP) is 11.6. The second kappa shape index (κ2) is 13.8. The Hall–Kier alpha value is -1.97. The van der Waals surface area contributed by atoms with Crippen molar-refractivity contribution in [2.24, 2.45) is 11.8 Å². The SMILES string of the molecule is CC(C)C1=Cc2c(-c3ccccc3)cccc2[CH]1[Hf]([CH]1C(C(C)C)=Cc2c(-c3ccccc3)cccc21)=[Si](C)C.Cl.Cl. The van der Waals surface area contributed by atoms with Crippen molar-refractivity contribution in [1.29, 1.82) is 0 Å². The fourth-order valence-corrected chi connectivity index (χ4v) is 36.9. The maximum Gasteiger partial charge on any atom is -0.147 e. The number of benzene rings is 4. The fourth-order valence-electron chi connectivity index (χ4n) is 7.03. The van der Waals surface area contributed by atoms with Crippen LogP contribution >= 0.6 is 24.8 Å². The van der Waals surface area contributed by atoms with Gasteiger partial charge in [-0.2, -0.15) is 0 Å². The van der Waals surface area contributed by atoms with E-state index < -0.39 is 25.6 Å². The second-order valence-corrected chi connectivity index (χ2v) is 37.2. The second-order valence-electron chi connectivity index (χ2n) is 12.3. The molecule has 216 valence electrons. The molecule has 6 rings (SSSR count). The van der Waals surface area contributed by atoms with Gasteiger partial charge in [-0.1, -0.05) is 0 Å². The van der Waals surface area contributed by atoms with Gasteiger partial charge in [0.25, 0.3) is 0 Å². The van der Waals surface area contributed by atoms with Gasteiger partial charge in [0.15, 0.2) is 0 Å². The normalized spacial score (nSPS) is 16.7. The van der Waals surface area contributed by atoms with Gasteiger partial charge < -0.3 is 0 Å². The molecular formula is C38H42Cl2HfSi. The zero-order chi connectivity index (χ0) is 28.0. The number of rotatable bonds is 6. The van der Waals surface area contributed by atoms with E-state index in [4.69, 9.17) is 0 Å². The van der Waals surface area contributed by atoms with Crippen LogP contribution in [0.3, 0.4) is 0 Å². The van der Waals surface area contributed by atoms with Crippen LogP contribution in [0.4, 0.5) is 0 Å². The number of halogens is 2. The Kier molecular flexibility index (Phi) is 10.8. The molecule has 0 saturated carbocycles. The Bertz CT molecular complexity index is 1540. The summed E-state index contributed by atoms with van der Waals surface area (Å²) in [7, 11) is 0. The van der Waals surface area contributed by atoms with Crippen LogP contribution in [0.15, 0.2) is 108 Å². The summed E-state index contributed by atoms with van der Waals surface area (Å²) in [6, 6.07) is 36.4. The van der Waals surface area contributed by atoms with Crippen LogP contribution in [0.1, 0.15) is 57.3 Å². The smallest absolute Gasteiger partial charge is 0.147 e. The number of allylic oxidation sites excluding steroid dienone is 2. The van der Waals surface area contributed by atoms with Crippen LogP contribution < -0.4 is 0 Å². The largest absolute Gasteiger partial charge is 0.147 e. The van der Waals surface area contributed by atoms with E-state index in [9.17, 15) is 0 Å². The van der Waals surface area contributed by atoms with Crippen molar-refractivity contribution in [1.82, 2.24) is 0 Å². The van der Waals surface area contributed by atoms with E-state index in [0.29, 0.717) is 19.2 Å². The van der Waals surface area contributed by atoms with Crippen molar-refractivity contribution in [3.05, 3.63) is 130 Å². The molecule has 42 heavy (non-hydrogen) atoms. The molecule has 0 saturated heterocycles. The summed E-state index contributed by atoms with van der Waals surface area (Å²) in [5.41, 5.74) is 14.7. The fraction of sp³-hybridized carbons (Fsp3) is 0.263. The van der Waals surface area contributed by atoms with Crippen molar-refractivity contribution >= 4 is 42.5 Å². The molecule has 0 bridgehead atoms. The number of hydrogen-bond acceptors (Lipinski definition) is 0. The molecule has 0 nitrogen and oxygen atoms in total. The first-order valence-corrected chi connectivity index (χ1v) is 26.9. The maximum absolute atomic E-state index is 2.65. The third-order valence-electron chi connectivity index (χ3n) is 8.89. The van der Waals surface area contributed by atoms with Crippen LogP contribution in [-0.4, -0.2) is 5.49 Å². The quantitative estimate of drug-likeness (QED) is 0.171. The number of hydrogen-bond donors (Lipinski definition) is 0.